The van der Waals surface area contributed by atoms with Crippen LogP contribution in [0.25, 0.3) is 0 Å². The number of rotatable bonds is 4. The zero-order valence-corrected chi connectivity index (χ0v) is 7.95. The molecule has 1 nitrogen and oxygen atoms in total. The van der Waals surface area contributed by atoms with E-state index in [1.54, 1.807) is 0 Å². The van der Waals surface area contributed by atoms with Crippen molar-refractivity contribution in [1.82, 2.24) is 0 Å². The number of hydrogen-bond donors (Lipinski definition) is 1. The van der Waals surface area contributed by atoms with Crippen molar-refractivity contribution >= 4 is 20.9 Å². The Hall–Kier alpha value is 0.267. The zero-order chi connectivity index (χ0) is 7.33. The predicted molar refractivity (Wildman–Crippen MR) is 47.5 cm³/mol. The normalized spacial score (nSPS) is 11.4. The van der Waals surface area contributed by atoms with Gasteiger partial charge in [-0.3, -0.25) is 0 Å². The van der Waals surface area contributed by atoms with Crippen LogP contribution in [0.4, 0.5) is 0 Å². The van der Waals surface area contributed by atoms with E-state index < -0.39 is 8.32 Å². The van der Waals surface area contributed by atoms with E-state index >= 15 is 0 Å². The topological polar surface area (TPSA) is 9.23 Å². The maximum absolute atomic E-state index is 5.47. The summed E-state index contributed by atoms with van der Waals surface area (Å²) in [5.41, 5.74) is 1.93. The molecule has 0 aromatic rings. The summed E-state index contributed by atoms with van der Waals surface area (Å²) in [6.45, 7) is 8.67. The van der Waals surface area contributed by atoms with Gasteiger partial charge in [0.25, 0.3) is 0 Å². The smallest absolute Gasteiger partial charge is 0.210 e. The van der Waals surface area contributed by atoms with Crippen LogP contribution in [0.15, 0.2) is 12.3 Å². The molecule has 0 atom stereocenters. The van der Waals surface area contributed by atoms with Gasteiger partial charge in [0.05, 0.1) is 0 Å². The van der Waals surface area contributed by atoms with E-state index in [1.807, 2.05) is 5.70 Å². The molecule has 0 saturated heterocycles. The van der Waals surface area contributed by atoms with Crippen LogP contribution >= 0.6 is 12.6 Å². The first kappa shape index (κ1) is 9.27. The van der Waals surface area contributed by atoms with Crippen LogP contribution in [-0.4, -0.2) is 20.7 Å². The molecule has 0 aromatic heterocycles. The molecule has 0 radical (unpaired) electrons. The molecular formula is C6H14OSSi. The van der Waals surface area contributed by atoms with Crippen molar-refractivity contribution in [2.45, 2.75) is 13.1 Å². The van der Waals surface area contributed by atoms with Crippen molar-refractivity contribution in [3.05, 3.63) is 12.3 Å². The third-order valence-corrected chi connectivity index (χ3v) is 3.17. The highest BCUT2D eigenvalue weighted by atomic mass is 32.1. The van der Waals surface area contributed by atoms with E-state index in [0.29, 0.717) is 0 Å². The van der Waals surface area contributed by atoms with Gasteiger partial charge in [0.15, 0.2) is 0 Å². The van der Waals surface area contributed by atoms with Crippen molar-refractivity contribution in [3.8, 4) is 0 Å². The molecule has 0 aliphatic heterocycles. The van der Waals surface area contributed by atoms with Crippen molar-refractivity contribution in [3.63, 3.8) is 0 Å². The van der Waals surface area contributed by atoms with E-state index in [9.17, 15) is 0 Å². The van der Waals surface area contributed by atoms with Gasteiger partial charge in [-0.15, -0.1) is 6.58 Å². The van der Waals surface area contributed by atoms with Crippen molar-refractivity contribution < 1.29 is 4.43 Å². The molecule has 0 rings (SSSR count). The Morgan fingerprint density at radius 3 is 2.56 bits per heavy atom. The molecule has 0 spiro atoms. The standard InChI is InChI=1S/C6H14OSSi/c1-4-9(2,3)7-5-6-8/h4,8H,1,5-6H2,2-3H3. The number of thiol groups is 1. The molecule has 0 heterocycles. The van der Waals surface area contributed by atoms with Gasteiger partial charge in [0, 0.05) is 12.4 Å². The van der Waals surface area contributed by atoms with Crippen LogP contribution in [0, 0.1) is 0 Å². The predicted octanol–water partition coefficient (Wildman–Crippen LogP) is 1.86. The first-order chi connectivity index (χ1) is 4.12. The van der Waals surface area contributed by atoms with Crippen molar-refractivity contribution in [2.24, 2.45) is 0 Å². The van der Waals surface area contributed by atoms with E-state index in [-0.39, 0.29) is 0 Å². The van der Waals surface area contributed by atoms with Gasteiger partial charge in [0.2, 0.25) is 8.32 Å². The van der Waals surface area contributed by atoms with Crippen LogP contribution in [0.3, 0.4) is 0 Å². The highest BCUT2D eigenvalue weighted by Gasteiger charge is 2.15. The molecule has 3 heteroatoms. The third-order valence-electron chi connectivity index (χ3n) is 1.06. The minimum Gasteiger partial charge on any atom is -0.413 e. The summed E-state index contributed by atoms with van der Waals surface area (Å²) in [7, 11) is -1.48. The molecule has 0 saturated carbocycles. The fourth-order valence-corrected chi connectivity index (χ4v) is 1.38. The molecule has 0 amide bonds. The number of hydrogen-bond acceptors (Lipinski definition) is 2. The van der Waals surface area contributed by atoms with Gasteiger partial charge < -0.3 is 4.43 Å². The monoisotopic (exact) mass is 162 g/mol. The Labute approximate surface area is 63.6 Å². The fourth-order valence-electron chi connectivity index (χ4n) is 0.368. The molecular weight excluding hydrogens is 148 g/mol. The summed E-state index contributed by atoms with van der Waals surface area (Å²) < 4.78 is 5.47. The van der Waals surface area contributed by atoms with Gasteiger partial charge in [-0.05, 0) is 13.1 Å². The molecule has 54 valence electrons. The maximum atomic E-state index is 5.47. The first-order valence-corrected chi connectivity index (χ1v) is 6.62. The van der Waals surface area contributed by atoms with E-state index in [2.05, 4.69) is 32.3 Å². The molecule has 0 unspecified atom stereocenters. The van der Waals surface area contributed by atoms with E-state index in [1.165, 1.54) is 0 Å². The lowest BCUT2D eigenvalue weighted by molar-refractivity contribution is 0.342. The largest absolute Gasteiger partial charge is 0.413 e. The summed E-state index contributed by atoms with van der Waals surface area (Å²) in [5, 5.41) is 0. The Bertz CT molecular complexity index is 93.1. The van der Waals surface area contributed by atoms with Crippen LogP contribution in [0.5, 0.6) is 0 Å². The van der Waals surface area contributed by atoms with Gasteiger partial charge in [0.1, 0.15) is 0 Å². The molecule has 0 aliphatic rings. The molecule has 0 aliphatic carbocycles. The quantitative estimate of drug-likeness (QED) is 0.490. The van der Waals surface area contributed by atoms with E-state index in [0.717, 1.165) is 12.4 Å². The molecule has 0 N–H and O–H groups in total. The average Bonchev–Trinajstić information content (AvgIpc) is 1.84. The van der Waals surface area contributed by atoms with Gasteiger partial charge in [-0.25, -0.2) is 0 Å². The Morgan fingerprint density at radius 1 is 1.67 bits per heavy atom. The Balaban J connectivity index is 3.45. The lowest BCUT2D eigenvalue weighted by Gasteiger charge is -2.16. The van der Waals surface area contributed by atoms with Crippen LogP contribution in [0.1, 0.15) is 0 Å². The summed E-state index contributed by atoms with van der Waals surface area (Å²) >= 11 is 4.03. The molecule has 0 bridgehead atoms. The molecule has 0 fully saturated rings. The third kappa shape index (κ3) is 4.75. The summed E-state index contributed by atoms with van der Waals surface area (Å²) in [6, 6.07) is 0. The minimum atomic E-state index is -1.48. The second-order valence-electron chi connectivity index (χ2n) is 2.38. The minimum absolute atomic E-state index is 0.744. The molecule has 9 heavy (non-hydrogen) atoms. The lowest BCUT2D eigenvalue weighted by atomic mass is 10.9. The van der Waals surface area contributed by atoms with Crippen LogP contribution < -0.4 is 0 Å². The van der Waals surface area contributed by atoms with Crippen LogP contribution in [-0.2, 0) is 4.43 Å². The highest BCUT2D eigenvalue weighted by molar-refractivity contribution is 7.80. The van der Waals surface area contributed by atoms with Crippen LogP contribution in [0.2, 0.25) is 13.1 Å². The lowest BCUT2D eigenvalue weighted by Crippen LogP contribution is -2.28. The average molecular weight is 162 g/mol. The molecule has 0 aromatic carbocycles. The fraction of sp³-hybridized carbons (Fsp3) is 0.667. The maximum Gasteiger partial charge on any atom is 0.210 e. The van der Waals surface area contributed by atoms with Crippen molar-refractivity contribution in [2.75, 3.05) is 12.4 Å². The highest BCUT2D eigenvalue weighted by Crippen LogP contribution is 2.03. The summed E-state index contributed by atoms with van der Waals surface area (Å²) in [5.74, 6) is 0.796. The van der Waals surface area contributed by atoms with Gasteiger partial charge in [-0.2, -0.15) is 12.6 Å². The second kappa shape index (κ2) is 4.14. The Morgan fingerprint density at radius 2 is 2.22 bits per heavy atom. The van der Waals surface area contributed by atoms with Crippen molar-refractivity contribution in [1.29, 1.82) is 0 Å². The zero-order valence-electron chi connectivity index (χ0n) is 6.05. The Kier molecular flexibility index (Phi) is 4.26. The summed E-state index contributed by atoms with van der Waals surface area (Å²) in [4.78, 5) is 0. The first-order valence-electron chi connectivity index (χ1n) is 3.01. The SMILES string of the molecule is C=C[Si](C)(C)OCCS. The van der Waals surface area contributed by atoms with Gasteiger partial charge >= 0.3 is 0 Å². The second-order valence-corrected chi connectivity index (χ2v) is 6.73. The summed E-state index contributed by atoms with van der Waals surface area (Å²) in [6.07, 6.45) is 0. The van der Waals surface area contributed by atoms with Gasteiger partial charge in [-0.1, -0.05) is 5.70 Å². The van der Waals surface area contributed by atoms with E-state index in [4.69, 9.17) is 4.43 Å².